The Hall–Kier alpha value is -1.57. The molecule has 0 aromatic heterocycles. The molecule has 0 aliphatic rings. The smallest absolute Gasteiger partial charge is 0.248 e. The fraction of sp³-hybridized carbons (Fsp3) is 0.250. The van der Waals surface area contributed by atoms with Gasteiger partial charge in [0.25, 0.3) is 0 Å². The van der Waals surface area contributed by atoms with Crippen LogP contribution < -0.4 is 5.32 Å². The number of nitrogens with one attached hydrogen (secondary N) is 1. The Morgan fingerprint density at radius 1 is 1.50 bits per heavy atom. The zero-order chi connectivity index (χ0) is 10.4. The van der Waals surface area contributed by atoms with E-state index in [1.807, 2.05) is 31.2 Å². The molecule has 14 heavy (non-hydrogen) atoms. The average molecular weight is 189 g/mol. The van der Waals surface area contributed by atoms with Gasteiger partial charge < -0.3 is 5.32 Å². The summed E-state index contributed by atoms with van der Waals surface area (Å²) in [5.74, 6) is -0.0826. The first kappa shape index (κ1) is 10.5. The fourth-order valence-corrected chi connectivity index (χ4v) is 1.20. The van der Waals surface area contributed by atoms with E-state index in [0.717, 1.165) is 12.1 Å². The number of rotatable bonds is 3. The van der Waals surface area contributed by atoms with Crippen LogP contribution >= 0.6 is 0 Å². The van der Waals surface area contributed by atoms with Gasteiger partial charge in [-0.25, -0.2) is 0 Å². The second-order valence-corrected chi connectivity index (χ2v) is 3.04. The van der Waals surface area contributed by atoms with Crippen LogP contribution in [0.15, 0.2) is 36.4 Å². The zero-order valence-corrected chi connectivity index (χ0v) is 8.58. The van der Waals surface area contributed by atoms with Crippen LogP contribution in [-0.4, -0.2) is 5.91 Å². The highest BCUT2D eigenvalue weighted by Crippen LogP contribution is 2.10. The molecule has 0 saturated heterocycles. The first-order valence-electron chi connectivity index (χ1n) is 4.79. The SMILES string of the molecule is CC=CC(=O)Nc1cccc(CC)c1. The van der Waals surface area contributed by atoms with Crippen LogP contribution in [0.2, 0.25) is 0 Å². The normalized spacial score (nSPS) is 10.4. The summed E-state index contributed by atoms with van der Waals surface area (Å²) >= 11 is 0. The number of aryl methyl sites for hydroxylation is 1. The van der Waals surface area contributed by atoms with Gasteiger partial charge >= 0.3 is 0 Å². The van der Waals surface area contributed by atoms with E-state index in [1.54, 1.807) is 6.08 Å². The van der Waals surface area contributed by atoms with E-state index in [0.29, 0.717) is 0 Å². The lowest BCUT2D eigenvalue weighted by Gasteiger charge is -2.03. The molecule has 0 heterocycles. The second kappa shape index (κ2) is 5.22. The summed E-state index contributed by atoms with van der Waals surface area (Å²) in [5.41, 5.74) is 2.08. The lowest BCUT2D eigenvalue weighted by Crippen LogP contribution is -2.07. The van der Waals surface area contributed by atoms with Crippen molar-refractivity contribution in [2.24, 2.45) is 0 Å². The number of carbonyl (C=O) groups is 1. The van der Waals surface area contributed by atoms with Crippen molar-refractivity contribution in [2.45, 2.75) is 20.3 Å². The van der Waals surface area contributed by atoms with Crippen LogP contribution in [0.5, 0.6) is 0 Å². The van der Waals surface area contributed by atoms with Crippen LogP contribution in [0.25, 0.3) is 0 Å². The molecule has 1 amide bonds. The molecule has 1 aromatic carbocycles. The minimum absolute atomic E-state index is 0.0826. The summed E-state index contributed by atoms with van der Waals surface area (Å²) in [6.07, 6.45) is 4.21. The molecule has 0 saturated carbocycles. The number of anilines is 1. The predicted molar refractivity (Wildman–Crippen MR) is 59.3 cm³/mol. The van der Waals surface area contributed by atoms with Crippen molar-refractivity contribution < 1.29 is 4.79 Å². The number of hydrogen-bond donors (Lipinski definition) is 1. The van der Waals surface area contributed by atoms with Gasteiger partial charge in [-0.3, -0.25) is 4.79 Å². The Labute approximate surface area is 84.6 Å². The summed E-state index contributed by atoms with van der Waals surface area (Å²) in [5, 5.41) is 2.79. The van der Waals surface area contributed by atoms with Gasteiger partial charge in [-0.2, -0.15) is 0 Å². The lowest BCUT2D eigenvalue weighted by atomic mass is 10.1. The van der Waals surface area contributed by atoms with Gasteiger partial charge in [-0.1, -0.05) is 25.1 Å². The first-order chi connectivity index (χ1) is 6.76. The highest BCUT2D eigenvalue weighted by molar-refractivity contribution is 5.99. The van der Waals surface area contributed by atoms with Crippen molar-refractivity contribution in [2.75, 3.05) is 5.32 Å². The number of amides is 1. The van der Waals surface area contributed by atoms with E-state index in [9.17, 15) is 4.79 Å². The van der Waals surface area contributed by atoms with Crippen molar-refractivity contribution in [3.05, 3.63) is 42.0 Å². The van der Waals surface area contributed by atoms with Crippen LogP contribution in [0.1, 0.15) is 19.4 Å². The van der Waals surface area contributed by atoms with Crippen molar-refractivity contribution >= 4 is 11.6 Å². The fourth-order valence-electron chi connectivity index (χ4n) is 1.20. The molecule has 0 aliphatic carbocycles. The van der Waals surface area contributed by atoms with Gasteiger partial charge in [0.05, 0.1) is 0 Å². The molecular weight excluding hydrogens is 174 g/mol. The Bertz CT molecular complexity index is 342. The summed E-state index contributed by atoms with van der Waals surface area (Å²) in [7, 11) is 0. The summed E-state index contributed by atoms with van der Waals surface area (Å²) < 4.78 is 0. The van der Waals surface area contributed by atoms with Gasteiger partial charge in [0.1, 0.15) is 0 Å². The average Bonchev–Trinajstić information content (AvgIpc) is 2.18. The molecule has 0 spiro atoms. The standard InChI is InChI=1S/C12H15NO/c1-3-6-12(14)13-11-8-5-7-10(4-2)9-11/h3,5-9H,4H2,1-2H3,(H,13,14). The third-order valence-electron chi connectivity index (χ3n) is 1.92. The van der Waals surface area contributed by atoms with Gasteiger partial charge in [0.2, 0.25) is 5.91 Å². The third-order valence-corrected chi connectivity index (χ3v) is 1.92. The molecule has 0 fully saturated rings. The summed E-state index contributed by atoms with van der Waals surface area (Å²) in [4.78, 5) is 11.2. The van der Waals surface area contributed by atoms with Crippen molar-refractivity contribution in [1.29, 1.82) is 0 Å². The molecule has 0 unspecified atom stereocenters. The van der Waals surface area contributed by atoms with E-state index in [-0.39, 0.29) is 5.91 Å². The maximum Gasteiger partial charge on any atom is 0.248 e. The minimum Gasteiger partial charge on any atom is -0.323 e. The van der Waals surface area contributed by atoms with E-state index >= 15 is 0 Å². The molecular formula is C12H15NO. The quantitative estimate of drug-likeness (QED) is 0.728. The van der Waals surface area contributed by atoms with Gasteiger partial charge in [-0.05, 0) is 37.1 Å². The van der Waals surface area contributed by atoms with Crippen molar-refractivity contribution in [3.63, 3.8) is 0 Å². The zero-order valence-electron chi connectivity index (χ0n) is 8.58. The van der Waals surface area contributed by atoms with Crippen molar-refractivity contribution in [3.8, 4) is 0 Å². The Morgan fingerprint density at radius 3 is 2.93 bits per heavy atom. The topological polar surface area (TPSA) is 29.1 Å². The molecule has 0 aliphatic heterocycles. The molecule has 2 nitrogen and oxygen atoms in total. The van der Waals surface area contributed by atoms with E-state index in [4.69, 9.17) is 0 Å². The van der Waals surface area contributed by atoms with E-state index in [1.165, 1.54) is 11.6 Å². The summed E-state index contributed by atoms with van der Waals surface area (Å²) in [6.45, 7) is 3.91. The molecule has 0 radical (unpaired) electrons. The predicted octanol–water partition coefficient (Wildman–Crippen LogP) is 2.76. The van der Waals surface area contributed by atoms with E-state index in [2.05, 4.69) is 12.2 Å². The number of allylic oxidation sites excluding steroid dienone is 1. The molecule has 2 heteroatoms. The number of hydrogen-bond acceptors (Lipinski definition) is 1. The maximum absolute atomic E-state index is 11.2. The second-order valence-electron chi connectivity index (χ2n) is 3.04. The van der Waals surface area contributed by atoms with Crippen LogP contribution in [-0.2, 0) is 11.2 Å². The Kier molecular flexibility index (Phi) is 3.92. The van der Waals surface area contributed by atoms with Crippen LogP contribution in [0, 0.1) is 0 Å². The third kappa shape index (κ3) is 3.05. The van der Waals surface area contributed by atoms with Crippen LogP contribution in [0.3, 0.4) is 0 Å². The number of benzene rings is 1. The first-order valence-corrected chi connectivity index (χ1v) is 4.79. The molecule has 0 bridgehead atoms. The highest BCUT2D eigenvalue weighted by atomic mass is 16.1. The maximum atomic E-state index is 11.2. The van der Waals surface area contributed by atoms with Gasteiger partial charge in [0, 0.05) is 5.69 Å². The molecule has 74 valence electrons. The minimum atomic E-state index is -0.0826. The largest absolute Gasteiger partial charge is 0.323 e. The van der Waals surface area contributed by atoms with E-state index < -0.39 is 0 Å². The molecule has 0 atom stereocenters. The van der Waals surface area contributed by atoms with Crippen molar-refractivity contribution in [1.82, 2.24) is 0 Å². The molecule has 1 N–H and O–H groups in total. The molecule has 1 aromatic rings. The molecule has 1 rings (SSSR count). The van der Waals surface area contributed by atoms with Crippen LogP contribution in [0.4, 0.5) is 5.69 Å². The number of carbonyl (C=O) groups excluding carboxylic acids is 1. The van der Waals surface area contributed by atoms with Gasteiger partial charge in [0.15, 0.2) is 0 Å². The Balaban J connectivity index is 2.71. The van der Waals surface area contributed by atoms with Gasteiger partial charge in [-0.15, -0.1) is 0 Å². The highest BCUT2D eigenvalue weighted by Gasteiger charge is 1.97. The summed E-state index contributed by atoms with van der Waals surface area (Å²) in [6, 6.07) is 7.87. The Morgan fingerprint density at radius 2 is 2.29 bits per heavy atom. The monoisotopic (exact) mass is 189 g/mol. The lowest BCUT2D eigenvalue weighted by molar-refractivity contribution is -0.111.